The van der Waals surface area contributed by atoms with E-state index in [4.69, 9.17) is 5.73 Å². The van der Waals surface area contributed by atoms with Gasteiger partial charge in [-0.15, -0.1) is 0 Å². The van der Waals surface area contributed by atoms with Crippen LogP contribution in [0.5, 0.6) is 0 Å². The molecular weight excluding hydrogens is 659 g/mol. The molecule has 0 saturated carbocycles. The highest BCUT2D eigenvalue weighted by molar-refractivity contribution is 7.99. The molecule has 0 saturated heterocycles. The van der Waals surface area contributed by atoms with Crippen molar-refractivity contribution in [3.05, 3.63) is 210 Å². The van der Waals surface area contributed by atoms with Crippen molar-refractivity contribution in [1.82, 2.24) is 0 Å². The van der Waals surface area contributed by atoms with E-state index < -0.39 is 5.41 Å². The molecule has 1 atom stereocenters. The van der Waals surface area contributed by atoms with Gasteiger partial charge in [0.05, 0.1) is 5.41 Å². The maximum atomic E-state index is 6.18. The van der Waals surface area contributed by atoms with E-state index >= 15 is 0 Å². The van der Waals surface area contributed by atoms with Crippen molar-refractivity contribution in [2.45, 2.75) is 15.2 Å². The average Bonchev–Trinajstić information content (AvgIpc) is 3.51. The van der Waals surface area contributed by atoms with Crippen molar-refractivity contribution in [3.63, 3.8) is 0 Å². The van der Waals surface area contributed by atoms with E-state index in [9.17, 15) is 0 Å². The molecule has 1 nitrogen and oxygen atoms in total. The first-order chi connectivity index (χ1) is 26.2. The molecule has 0 fully saturated rings. The number of hydrogen-bond acceptors (Lipinski definition) is 2. The summed E-state index contributed by atoms with van der Waals surface area (Å²) in [5, 5.41) is 5.07. The molecular formula is C51H33NS. The second kappa shape index (κ2) is 11.6. The largest absolute Gasteiger partial charge is 0.399 e. The van der Waals surface area contributed by atoms with E-state index in [-0.39, 0.29) is 0 Å². The van der Waals surface area contributed by atoms with Crippen LogP contribution in [0.15, 0.2) is 198 Å². The molecule has 1 aliphatic heterocycles. The number of nitrogens with two attached hydrogens (primary N) is 1. The Kier molecular flexibility index (Phi) is 6.62. The number of benzene rings is 9. The Bertz CT molecular complexity index is 2870. The molecule has 0 aromatic heterocycles. The topological polar surface area (TPSA) is 26.0 Å². The van der Waals surface area contributed by atoms with Crippen LogP contribution in [0, 0.1) is 0 Å². The van der Waals surface area contributed by atoms with Gasteiger partial charge in [0, 0.05) is 15.5 Å². The number of rotatable bonds is 3. The van der Waals surface area contributed by atoms with Crippen molar-refractivity contribution < 1.29 is 0 Å². The predicted octanol–water partition coefficient (Wildman–Crippen LogP) is 13.4. The standard InChI is InChI=1S/C51H33NS/c52-34-30-28-32(29-31-34)35-21-12-25-44-49(35)40-20-8-9-23-42(40)51(44)43-24-10-11-27-46(43)53-50-41(22-13-26-45(50)51)48-38-18-6-4-16-36(38)47(33-14-2-1-3-15-33)37-17-5-7-19-39(37)48/h1-31H,52H2. The van der Waals surface area contributed by atoms with Gasteiger partial charge in [-0.2, -0.15) is 0 Å². The minimum Gasteiger partial charge on any atom is -0.399 e. The maximum absolute atomic E-state index is 6.18. The van der Waals surface area contributed by atoms with E-state index in [1.165, 1.54) is 98.1 Å². The van der Waals surface area contributed by atoms with Crippen molar-refractivity contribution in [3.8, 4) is 44.5 Å². The van der Waals surface area contributed by atoms with Gasteiger partial charge in [0.2, 0.25) is 0 Å². The van der Waals surface area contributed by atoms with Crippen LogP contribution in [0.1, 0.15) is 22.3 Å². The van der Waals surface area contributed by atoms with Crippen LogP contribution in [-0.4, -0.2) is 0 Å². The Morgan fingerprint density at radius 2 is 0.868 bits per heavy atom. The van der Waals surface area contributed by atoms with Gasteiger partial charge in [0.15, 0.2) is 0 Å². The molecule has 9 aromatic carbocycles. The summed E-state index contributed by atoms with van der Waals surface area (Å²) in [7, 11) is 0. The van der Waals surface area contributed by atoms with Crippen LogP contribution < -0.4 is 5.73 Å². The van der Waals surface area contributed by atoms with Crippen molar-refractivity contribution in [2.75, 3.05) is 5.73 Å². The zero-order valence-corrected chi connectivity index (χ0v) is 29.7. The number of fused-ring (bicyclic) bond motifs is 11. The predicted molar refractivity (Wildman–Crippen MR) is 224 cm³/mol. The van der Waals surface area contributed by atoms with Gasteiger partial charge in [0.1, 0.15) is 0 Å². The highest BCUT2D eigenvalue weighted by Gasteiger charge is 2.51. The molecule has 1 heterocycles. The third-order valence-electron chi connectivity index (χ3n) is 11.5. The van der Waals surface area contributed by atoms with Gasteiger partial charge in [-0.05, 0) is 107 Å². The van der Waals surface area contributed by atoms with Crippen molar-refractivity contribution in [1.29, 1.82) is 0 Å². The Balaban J connectivity index is 1.27. The van der Waals surface area contributed by atoms with E-state index in [1.54, 1.807) is 0 Å². The average molecular weight is 692 g/mol. The smallest absolute Gasteiger partial charge is 0.0735 e. The van der Waals surface area contributed by atoms with Crippen molar-refractivity contribution in [2.24, 2.45) is 0 Å². The molecule has 2 aliphatic rings. The third-order valence-corrected chi connectivity index (χ3v) is 12.7. The summed E-state index contributed by atoms with van der Waals surface area (Å²) in [5.74, 6) is 0. The molecule has 2 N–H and O–H groups in total. The lowest BCUT2D eigenvalue weighted by atomic mass is 9.66. The fourth-order valence-corrected chi connectivity index (χ4v) is 10.7. The fraction of sp³-hybridized carbons (Fsp3) is 0.0196. The van der Waals surface area contributed by atoms with Gasteiger partial charge in [0.25, 0.3) is 0 Å². The molecule has 0 bridgehead atoms. The summed E-state index contributed by atoms with van der Waals surface area (Å²) >= 11 is 1.92. The molecule has 0 amide bonds. The van der Waals surface area contributed by atoms with Gasteiger partial charge in [-0.1, -0.05) is 182 Å². The van der Waals surface area contributed by atoms with Gasteiger partial charge < -0.3 is 5.73 Å². The SMILES string of the molecule is Nc1ccc(-c2cccc3c2-c2ccccc2C32c3ccccc3Sc3c(-c4c5ccccc5c(-c5ccccc5)c5ccccc45)cccc32)cc1. The molecule has 9 aromatic rings. The zero-order valence-electron chi connectivity index (χ0n) is 28.9. The number of anilines is 1. The van der Waals surface area contributed by atoms with Crippen molar-refractivity contribution >= 4 is 39.0 Å². The summed E-state index contributed by atoms with van der Waals surface area (Å²) in [6.45, 7) is 0. The first kappa shape index (κ1) is 30.3. The molecule has 1 aliphatic carbocycles. The Morgan fingerprint density at radius 1 is 0.340 bits per heavy atom. The highest BCUT2D eigenvalue weighted by Crippen LogP contribution is 2.64. The normalized spacial score (nSPS) is 15.2. The van der Waals surface area contributed by atoms with Crippen LogP contribution >= 0.6 is 11.8 Å². The lowest BCUT2D eigenvalue weighted by molar-refractivity contribution is 0.723. The lowest BCUT2D eigenvalue weighted by Crippen LogP contribution is -2.32. The number of nitrogen functional groups attached to an aromatic ring is 1. The monoisotopic (exact) mass is 691 g/mol. The highest BCUT2D eigenvalue weighted by atomic mass is 32.2. The minimum atomic E-state index is -0.501. The zero-order chi connectivity index (χ0) is 35.1. The van der Waals surface area contributed by atoms with Gasteiger partial charge in [-0.3, -0.25) is 0 Å². The second-order valence-corrected chi connectivity index (χ2v) is 15.2. The summed E-state index contributed by atoms with van der Waals surface area (Å²) in [4.78, 5) is 2.61. The minimum absolute atomic E-state index is 0.501. The molecule has 0 radical (unpaired) electrons. The molecule has 53 heavy (non-hydrogen) atoms. The molecule has 248 valence electrons. The van der Waals surface area contributed by atoms with Gasteiger partial charge in [-0.25, -0.2) is 0 Å². The third kappa shape index (κ3) is 4.22. The maximum Gasteiger partial charge on any atom is 0.0735 e. The summed E-state index contributed by atoms with van der Waals surface area (Å²) in [5.41, 5.74) is 21.9. The molecule has 2 heteroatoms. The second-order valence-electron chi connectivity index (χ2n) is 14.1. The molecule has 11 rings (SSSR count). The van der Waals surface area contributed by atoms with Crippen LogP contribution in [0.2, 0.25) is 0 Å². The number of hydrogen-bond donors (Lipinski definition) is 1. The Morgan fingerprint density at radius 3 is 1.58 bits per heavy atom. The van der Waals surface area contributed by atoms with E-state index in [0.29, 0.717) is 0 Å². The van der Waals surface area contributed by atoms with E-state index in [0.717, 1.165) is 5.69 Å². The molecule has 1 unspecified atom stereocenters. The van der Waals surface area contributed by atoms with E-state index in [1.807, 2.05) is 23.9 Å². The Labute approximate surface area is 313 Å². The van der Waals surface area contributed by atoms with Crippen LogP contribution in [0.25, 0.3) is 66.1 Å². The summed E-state index contributed by atoms with van der Waals surface area (Å²) in [6.07, 6.45) is 0. The Hall–Kier alpha value is -6.35. The summed E-state index contributed by atoms with van der Waals surface area (Å²) in [6, 6.07) is 69.3. The first-order valence-corrected chi connectivity index (χ1v) is 19.0. The quantitative estimate of drug-likeness (QED) is 0.147. The van der Waals surface area contributed by atoms with Gasteiger partial charge >= 0.3 is 0 Å². The lowest BCUT2D eigenvalue weighted by Gasteiger charge is -2.40. The first-order valence-electron chi connectivity index (χ1n) is 18.2. The molecule has 1 spiro atoms. The van der Waals surface area contributed by atoms with Crippen LogP contribution in [0.4, 0.5) is 5.69 Å². The fourth-order valence-electron chi connectivity index (χ4n) is 9.41. The summed E-state index contributed by atoms with van der Waals surface area (Å²) < 4.78 is 0. The van der Waals surface area contributed by atoms with Crippen LogP contribution in [-0.2, 0) is 5.41 Å². The van der Waals surface area contributed by atoms with Crippen LogP contribution in [0.3, 0.4) is 0 Å². The van der Waals surface area contributed by atoms with E-state index in [2.05, 4.69) is 176 Å².